The van der Waals surface area contributed by atoms with Gasteiger partial charge in [0.1, 0.15) is 15.7 Å². The minimum atomic E-state index is -0.960. The minimum Gasteiger partial charge on any atom is -0.480 e. The van der Waals surface area contributed by atoms with Crippen LogP contribution in [-0.4, -0.2) is 39.5 Å². The Morgan fingerprint density at radius 1 is 1.52 bits per heavy atom. The van der Waals surface area contributed by atoms with Gasteiger partial charge in [-0.1, -0.05) is 6.92 Å². The summed E-state index contributed by atoms with van der Waals surface area (Å²) in [5, 5.41) is 10.0. The molecule has 7 heteroatoms. The van der Waals surface area contributed by atoms with Crippen molar-refractivity contribution < 1.29 is 14.7 Å². The van der Waals surface area contributed by atoms with Gasteiger partial charge in [-0.05, 0) is 37.8 Å². The highest BCUT2D eigenvalue weighted by Crippen LogP contribution is 2.35. The molecular weight excluding hydrogens is 314 g/mol. The van der Waals surface area contributed by atoms with Crippen molar-refractivity contribution in [2.24, 2.45) is 0 Å². The Hall–Kier alpha value is -2.15. The molecule has 3 heterocycles. The monoisotopic (exact) mass is 333 g/mol. The molecule has 2 aromatic heterocycles. The highest BCUT2D eigenvalue weighted by molar-refractivity contribution is 7.21. The lowest BCUT2D eigenvalue weighted by molar-refractivity contribution is -0.141. The number of likely N-dealkylation sites (tertiary alicyclic amines) is 1. The molecule has 0 aromatic carbocycles. The van der Waals surface area contributed by atoms with Crippen LogP contribution in [0, 0.1) is 6.92 Å². The second-order valence-electron chi connectivity index (χ2n) is 5.80. The molecule has 1 saturated heterocycles. The van der Waals surface area contributed by atoms with Crippen molar-refractivity contribution >= 4 is 39.1 Å². The summed E-state index contributed by atoms with van der Waals surface area (Å²) >= 11 is 1.25. The third-order valence-corrected chi connectivity index (χ3v) is 5.45. The van der Waals surface area contributed by atoms with Crippen molar-refractivity contribution in [3.8, 4) is 0 Å². The van der Waals surface area contributed by atoms with Gasteiger partial charge in [-0.25, -0.2) is 9.78 Å². The molecule has 0 saturated carbocycles. The molecule has 1 fully saturated rings. The molecule has 6 nitrogen and oxygen atoms in total. The molecule has 1 aliphatic heterocycles. The van der Waals surface area contributed by atoms with Gasteiger partial charge in [0.2, 0.25) is 0 Å². The number of carboxylic acids is 1. The molecular formula is C16H19N3O3S. The van der Waals surface area contributed by atoms with Gasteiger partial charge in [0.25, 0.3) is 5.91 Å². The van der Waals surface area contributed by atoms with Crippen molar-refractivity contribution in [1.82, 2.24) is 9.88 Å². The molecule has 2 aromatic rings. The van der Waals surface area contributed by atoms with E-state index in [-0.39, 0.29) is 5.91 Å². The number of nitrogen functional groups attached to an aromatic ring is 1. The summed E-state index contributed by atoms with van der Waals surface area (Å²) < 4.78 is 0. The van der Waals surface area contributed by atoms with Gasteiger partial charge in [-0.2, -0.15) is 0 Å². The number of hydrogen-bond acceptors (Lipinski definition) is 5. The quantitative estimate of drug-likeness (QED) is 0.899. The van der Waals surface area contributed by atoms with Gasteiger partial charge < -0.3 is 15.7 Å². The SMILES string of the molecule is CCc1nc2sc(C(=O)N3CCC[C@@H]3C(=O)O)c(N)c2cc1C. The number of anilines is 1. The van der Waals surface area contributed by atoms with E-state index < -0.39 is 12.0 Å². The first kappa shape index (κ1) is 15.7. The van der Waals surface area contributed by atoms with Gasteiger partial charge in [-0.15, -0.1) is 11.3 Å². The Kier molecular flexibility index (Phi) is 3.97. The average Bonchev–Trinajstić information content (AvgIpc) is 3.12. The molecule has 1 amide bonds. The number of fused-ring (bicyclic) bond motifs is 1. The summed E-state index contributed by atoms with van der Waals surface area (Å²) in [4.78, 5) is 31.2. The summed E-state index contributed by atoms with van der Waals surface area (Å²) in [6.07, 6.45) is 2.00. The van der Waals surface area contributed by atoms with Gasteiger partial charge in [0, 0.05) is 17.6 Å². The minimum absolute atomic E-state index is 0.300. The second-order valence-corrected chi connectivity index (χ2v) is 6.80. The summed E-state index contributed by atoms with van der Waals surface area (Å²) in [5.41, 5.74) is 8.61. The van der Waals surface area contributed by atoms with Crippen molar-refractivity contribution in [1.29, 1.82) is 0 Å². The number of nitrogens with zero attached hydrogens (tertiary/aromatic N) is 2. The van der Waals surface area contributed by atoms with E-state index in [0.717, 1.165) is 27.9 Å². The maximum atomic E-state index is 12.8. The molecule has 3 rings (SSSR count). The predicted octanol–water partition coefficient (Wildman–Crippen LogP) is 2.44. The highest BCUT2D eigenvalue weighted by Gasteiger charge is 2.36. The smallest absolute Gasteiger partial charge is 0.326 e. The van der Waals surface area contributed by atoms with Crippen LogP contribution in [0.4, 0.5) is 5.69 Å². The van der Waals surface area contributed by atoms with E-state index in [1.54, 1.807) is 0 Å². The second kappa shape index (κ2) is 5.81. The molecule has 122 valence electrons. The number of rotatable bonds is 3. The van der Waals surface area contributed by atoms with E-state index >= 15 is 0 Å². The number of carbonyl (C=O) groups is 2. The number of carbonyl (C=O) groups excluding carboxylic acids is 1. The Balaban J connectivity index is 2.04. The van der Waals surface area contributed by atoms with Crippen LogP contribution in [-0.2, 0) is 11.2 Å². The zero-order valence-corrected chi connectivity index (χ0v) is 13.9. The van der Waals surface area contributed by atoms with Crippen molar-refractivity contribution in [3.63, 3.8) is 0 Å². The molecule has 0 unspecified atom stereocenters. The van der Waals surface area contributed by atoms with Crippen molar-refractivity contribution in [2.75, 3.05) is 12.3 Å². The highest BCUT2D eigenvalue weighted by atomic mass is 32.1. The number of aliphatic carboxylic acids is 1. The molecule has 0 bridgehead atoms. The van der Waals surface area contributed by atoms with Crippen LogP contribution in [0.1, 0.15) is 40.7 Å². The van der Waals surface area contributed by atoms with E-state index in [0.29, 0.717) is 30.0 Å². The fourth-order valence-electron chi connectivity index (χ4n) is 3.09. The number of thiophene rings is 1. The maximum Gasteiger partial charge on any atom is 0.326 e. The number of amides is 1. The maximum absolute atomic E-state index is 12.8. The summed E-state index contributed by atoms with van der Waals surface area (Å²) in [6.45, 7) is 4.47. The summed E-state index contributed by atoms with van der Waals surface area (Å²) in [6, 6.07) is 1.20. The van der Waals surface area contributed by atoms with Crippen LogP contribution in [0.5, 0.6) is 0 Å². The number of aryl methyl sites for hydroxylation is 2. The number of pyridine rings is 1. The van der Waals surface area contributed by atoms with Crippen LogP contribution in [0.15, 0.2) is 6.07 Å². The van der Waals surface area contributed by atoms with E-state index in [4.69, 9.17) is 5.73 Å². The van der Waals surface area contributed by atoms with E-state index in [9.17, 15) is 14.7 Å². The largest absolute Gasteiger partial charge is 0.480 e. The fraction of sp³-hybridized carbons (Fsp3) is 0.438. The van der Waals surface area contributed by atoms with Crippen molar-refractivity contribution in [2.45, 2.75) is 39.2 Å². The average molecular weight is 333 g/mol. The van der Waals surface area contributed by atoms with Gasteiger partial charge in [0.05, 0.1) is 5.69 Å². The normalized spacial score (nSPS) is 17.8. The zero-order chi connectivity index (χ0) is 16.7. The Bertz CT molecular complexity index is 799. The number of carboxylic acid groups (broad SMARTS) is 1. The lowest BCUT2D eigenvalue weighted by atomic mass is 10.1. The van der Waals surface area contributed by atoms with Gasteiger partial charge >= 0.3 is 5.97 Å². The van der Waals surface area contributed by atoms with E-state index in [1.807, 2.05) is 19.9 Å². The molecule has 1 atom stereocenters. The number of hydrogen-bond donors (Lipinski definition) is 2. The predicted molar refractivity (Wildman–Crippen MR) is 89.8 cm³/mol. The van der Waals surface area contributed by atoms with Crippen LogP contribution in [0.3, 0.4) is 0 Å². The lowest BCUT2D eigenvalue weighted by Crippen LogP contribution is -2.40. The topological polar surface area (TPSA) is 96.5 Å². The molecule has 0 aliphatic carbocycles. The van der Waals surface area contributed by atoms with Crippen molar-refractivity contribution in [3.05, 3.63) is 22.2 Å². The molecule has 23 heavy (non-hydrogen) atoms. The third kappa shape index (κ3) is 2.55. The first-order valence-electron chi connectivity index (χ1n) is 7.66. The van der Waals surface area contributed by atoms with Crippen LogP contribution in [0.2, 0.25) is 0 Å². The van der Waals surface area contributed by atoms with Gasteiger partial charge in [-0.3, -0.25) is 4.79 Å². The lowest BCUT2D eigenvalue weighted by Gasteiger charge is -2.20. The first-order valence-corrected chi connectivity index (χ1v) is 8.48. The van der Waals surface area contributed by atoms with Gasteiger partial charge in [0.15, 0.2) is 0 Å². The number of aromatic nitrogens is 1. The summed E-state index contributed by atoms with van der Waals surface area (Å²) in [5.74, 6) is -1.26. The van der Waals surface area contributed by atoms with E-state index in [2.05, 4.69) is 4.98 Å². The number of nitrogens with two attached hydrogens (primary N) is 1. The van der Waals surface area contributed by atoms with Crippen LogP contribution < -0.4 is 5.73 Å². The first-order chi connectivity index (χ1) is 10.9. The molecule has 3 N–H and O–H groups in total. The molecule has 1 aliphatic rings. The Morgan fingerprint density at radius 2 is 2.26 bits per heavy atom. The zero-order valence-electron chi connectivity index (χ0n) is 13.1. The van der Waals surface area contributed by atoms with Crippen LogP contribution in [0.25, 0.3) is 10.2 Å². The van der Waals surface area contributed by atoms with Crippen LogP contribution >= 0.6 is 11.3 Å². The summed E-state index contributed by atoms with van der Waals surface area (Å²) in [7, 11) is 0. The standard InChI is InChI=1S/C16H19N3O3S/c1-3-10-8(2)7-9-12(17)13(23-14(9)18-10)15(20)19-6-4-5-11(19)16(21)22/h7,11H,3-6,17H2,1-2H3,(H,21,22)/t11-/m1/s1. The third-order valence-electron chi connectivity index (χ3n) is 4.34. The fourth-order valence-corrected chi connectivity index (χ4v) is 4.14. The molecule has 0 radical (unpaired) electrons. The molecule has 0 spiro atoms. The Labute approximate surface area is 137 Å². The van der Waals surface area contributed by atoms with E-state index in [1.165, 1.54) is 16.2 Å². The Morgan fingerprint density at radius 3 is 2.91 bits per heavy atom.